The molecule has 1 aliphatic heterocycles. The fraction of sp³-hybridized carbons (Fsp3) is 0.143. The maximum Gasteiger partial charge on any atom is 0.173 e. The number of rotatable bonds is 2. The fourth-order valence-corrected chi connectivity index (χ4v) is 3.70. The van der Waals surface area contributed by atoms with Gasteiger partial charge in [-0.3, -0.25) is 0 Å². The zero-order valence-corrected chi connectivity index (χ0v) is 13.3. The van der Waals surface area contributed by atoms with Crippen LogP contribution >= 0.6 is 27.7 Å². The van der Waals surface area contributed by atoms with Gasteiger partial charge in [-0.15, -0.1) is 0 Å². The van der Waals surface area contributed by atoms with Crippen molar-refractivity contribution in [2.75, 3.05) is 19.5 Å². The summed E-state index contributed by atoms with van der Waals surface area (Å²) in [6.07, 6.45) is 0. The van der Waals surface area contributed by atoms with Crippen LogP contribution in [0, 0.1) is 0 Å². The number of ether oxygens (including phenoxy) is 2. The average molecular weight is 354 g/mol. The number of halogens is 1. The Bertz CT molecular complexity index is 691. The van der Waals surface area contributed by atoms with Crippen LogP contribution in [0.25, 0.3) is 0 Å². The van der Waals surface area contributed by atoms with Crippen molar-refractivity contribution >= 4 is 39.1 Å². The molecule has 0 atom stereocenters. The third kappa shape index (κ3) is 2.09. The van der Waals surface area contributed by atoms with E-state index in [0.29, 0.717) is 10.2 Å². The maximum absolute atomic E-state index is 10.1. The van der Waals surface area contributed by atoms with E-state index in [0.717, 1.165) is 26.9 Å². The number of hydrogen-bond acceptors (Lipinski definition) is 5. The van der Waals surface area contributed by atoms with Gasteiger partial charge in [0.1, 0.15) is 5.75 Å². The first kappa shape index (κ1) is 13.5. The number of anilines is 2. The second-order valence-electron chi connectivity index (χ2n) is 4.21. The van der Waals surface area contributed by atoms with Crippen LogP contribution < -0.4 is 14.8 Å². The zero-order valence-electron chi connectivity index (χ0n) is 10.9. The monoisotopic (exact) mass is 353 g/mol. The van der Waals surface area contributed by atoms with E-state index in [1.165, 1.54) is 7.11 Å². The lowest BCUT2D eigenvalue weighted by molar-refractivity contribution is 0.371. The normalized spacial score (nSPS) is 12.2. The van der Waals surface area contributed by atoms with Gasteiger partial charge in [0.25, 0.3) is 0 Å². The zero-order chi connectivity index (χ0) is 14.3. The molecule has 6 heteroatoms. The highest BCUT2D eigenvalue weighted by Gasteiger charge is 2.23. The predicted octanol–water partition coefficient (Wildman–Crippen LogP) is 4.38. The van der Waals surface area contributed by atoms with Crippen LogP contribution in [0.2, 0.25) is 0 Å². The minimum absolute atomic E-state index is 0.104. The number of methoxy groups -OCH3 is 2. The fourth-order valence-electron chi connectivity index (χ4n) is 2.02. The van der Waals surface area contributed by atoms with Crippen LogP contribution in [0.3, 0.4) is 0 Å². The molecule has 4 nitrogen and oxygen atoms in total. The molecular formula is C14H12BrNO3S. The van der Waals surface area contributed by atoms with Crippen molar-refractivity contribution in [3.63, 3.8) is 0 Å². The molecule has 0 saturated heterocycles. The summed E-state index contributed by atoms with van der Waals surface area (Å²) in [7, 11) is 3.17. The van der Waals surface area contributed by atoms with Crippen LogP contribution in [-0.4, -0.2) is 19.3 Å². The van der Waals surface area contributed by atoms with E-state index in [1.54, 1.807) is 24.9 Å². The molecule has 0 bridgehead atoms. The van der Waals surface area contributed by atoms with E-state index < -0.39 is 0 Å². The number of aromatic hydroxyl groups is 1. The number of nitrogens with one attached hydrogen (secondary N) is 1. The molecule has 104 valence electrons. The van der Waals surface area contributed by atoms with Gasteiger partial charge in [-0.1, -0.05) is 11.8 Å². The van der Waals surface area contributed by atoms with Gasteiger partial charge in [-0.2, -0.15) is 0 Å². The first-order valence-electron chi connectivity index (χ1n) is 5.86. The van der Waals surface area contributed by atoms with E-state index in [2.05, 4.69) is 21.2 Å². The summed E-state index contributed by atoms with van der Waals surface area (Å²) in [6.45, 7) is 0. The summed E-state index contributed by atoms with van der Waals surface area (Å²) < 4.78 is 11.0. The minimum atomic E-state index is 0.104. The lowest BCUT2D eigenvalue weighted by Gasteiger charge is -2.23. The molecule has 0 aliphatic carbocycles. The van der Waals surface area contributed by atoms with Gasteiger partial charge < -0.3 is 19.9 Å². The molecule has 0 unspecified atom stereocenters. The van der Waals surface area contributed by atoms with Crippen molar-refractivity contribution in [2.24, 2.45) is 0 Å². The van der Waals surface area contributed by atoms with Crippen molar-refractivity contribution in [3.8, 4) is 17.2 Å². The molecule has 3 rings (SSSR count). The molecule has 0 radical (unpaired) electrons. The maximum atomic E-state index is 10.1. The molecule has 2 aromatic rings. The Hall–Kier alpha value is -1.53. The summed E-state index contributed by atoms with van der Waals surface area (Å²) in [5.41, 5.74) is 1.90. The molecule has 20 heavy (non-hydrogen) atoms. The summed E-state index contributed by atoms with van der Waals surface area (Å²) in [4.78, 5) is 1.96. The van der Waals surface area contributed by atoms with Crippen molar-refractivity contribution in [2.45, 2.75) is 9.79 Å². The molecule has 2 aromatic carbocycles. The second-order valence-corrected chi connectivity index (χ2v) is 6.05. The second kappa shape index (κ2) is 5.10. The summed E-state index contributed by atoms with van der Waals surface area (Å²) in [5, 5.41) is 13.4. The van der Waals surface area contributed by atoms with Crippen molar-refractivity contribution in [3.05, 3.63) is 28.7 Å². The first-order chi connectivity index (χ1) is 9.63. The van der Waals surface area contributed by atoms with Gasteiger partial charge in [-0.05, 0) is 34.1 Å². The highest BCUT2D eigenvalue weighted by molar-refractivity contribution is 9.10. The highest BCUT2D eigenvalue weighted by atomic mass is 79.9. The van der Waals surface area contributed by atoms with E-state index in [4.69, 9.17) is 9.47 Å². The molecule has 1 aliphatic rings. The van der Waals surface area contributed by atoms with E-state index in [-0.39, 0.29) is 5.75 Å². The van der Waals surface area contributed by atoms with Crippen molar-refractivity contribution < 1.29 is 14.6 Å². The van der Waals surface area contributed by atoms with Crippen LogP contribution in [0.1, 0.15) is 0 Å². The van der Waals surface area contributed by atoms with Crippen molar-refractivity contribution in [1.82, 2.24) is 0 Å². The Balaban J connectivity index is 2.10. The first-order valence-corrected chi connectivity index (χ1v) is 7.47. The van der Waals surface area contributed by atoms with Gasteiger partial charge in [-0.25, -0.2) is 0 Å². The van der Waals surface area contributed by atoms with Gasteiger partial charge in [0.2, 0.25) is 0 Å². The Morgan fingerprint density at radius 1 is 1.15 bits per heavy atom. The Morgan fingerprint density at radius 2 is 1.95 bits per heavy atom. The Labute approximate surface area is 129 Å². The standard InChI is InChI=1S/C14H12BrNO3S/c1-18-7-3-4-8-11(5-7)20-14-9(16-8)6-10(19-2)13(17)12(14)15/h3-6,16-17H,1-2H3. The van der Waals surface area contributed by atoms with Gasteiger partial charge in [0.15, 0.2) is 11.5 Å². The molecular weight excluding hydrogens is 342 g/mol. The quantitative estimate of drug-likeness (QED) is 0.669. The molecule has 0 aromatic heterocycles. The molecule has 0 saturated carbocycles. The van der Waals surface area contributed by atoms with Crippen LogP contribution in [0.5, 0.6) is 17.2 Å². The van der Waals surface area contributed by atoms with Crippen LogP contribution in [-0.2, 0) is 0 Å². The van der Waals surface area contributed by atoms with Crippen LogP contribution in [0.4, 0.5) is 11.4 Å². The topological polar surface area (TPSA) is 50.7 Å². The van der Waals surface area contributed by atoms with Gasteiger partial charge in [0, 0.05) is 11.0 Å². The third-order valence-electron chi connectivity index (χ3n) is 3.05. The number of hydrogen-bond donors (Lipinski definition) is 2. The minimum Gasteiger partial charge on any atom is -0.503 e. The van der Waals surface area contributed by atoms with Gasteiger partial charge in [0.05, 0.1) is 35.0 Å². The Kier molecular flexibility index (Phi) is 3.43. The van der Waals surface area contributed by atoms with E-state index >= 15 is 0 Å². The molecule has 1 heterocycles. The molecule has 0 fully saturated rings. The largest absolute Gasteiger partial charge is 0.503 e. The lowest BCUT2D eigenvalue weighted by Crippen LogP contribution is -2.01. The van der Waals surface area contributed by atoms with Crippen molar-refractivity contribution in [1.29, 1.82) is 0 Å². The number of phenolic OH excluding ortho intramolecular Hbond substituents is 1. The lowest BCUT2D eigenvalue weighted by atomic mass is 10.2. The smallest absolute Gasteiger partial charge is 0.173 e. The van der Waals surface area contributed by atoms with E-state index in [9.17, 15) is 5.11 Å². The highest BCUT2D eigenvalue weighted by Crippen LogP contribution is 2.53. The average Bonchev–Trinajstić information content (AvgIpc) is 2.48. The predicted molar refractivity (Wildman–Crippen MR) is 82.8 cm³/mol. The van der Waals surface area contributed by atoms with Crippen LogP contribution in [0.15, 0.2) is 38.5 Å². The Morgan fingerprint density at radius 3 is 2.65 bits per heavy atom. The number of phenols is 1. The summed E-state index contributed by atoms with van der Waals surface area (Å²) in [6, 6.07) is 7.63. The van der Waals surface area contributed by atoms with Gasteiger partial charge >= 0.3 is 0 Å². The summed E-state index contributed by atoms with van der Waals surface area (Å²) in [5.74, 6) is 1.34. The number of fused-ring (bicyclic) bond motifs is 2. The molecule has 0 spiro atoms. The summed E-state index contributed by atoms with van der Waals surface area (Å²) >= 11 is 4.99. The third-order valence-corrected chi connectivity index (χ3v) is 5.27. The number of benzene rings is 2. The SMILES string of the molecule is COc1ccc2c(c1)Sc1c(cc(OC)c(O)c1Br)N2. The molecule has 0 amide bonds. The molecule has 2 N–H and O–H groups in total. The van der Waals surface area contributed by atoms with E-state index in [1.807, 2.05) is 18.2 Å².